The Bertz CT molecular complexity index is 187. The molecule has 0 bridgehead atoms. The molecule has 14 heavy (non-hydrogen) atoms. The molecule has 0 aromatic carbocycles. The highest BCUT2D eigenvalue weighted by Crippen LogP contribution is 2.29. The van der Waals surface area contributed by atoms with Crippen LogP contribution in [0.1, 0.15) is 26.2 Å². The first kappa shape index (κ1) is 11.9. The van der Waals surface area contributed by atoms with Crippen LogP contribution in [0.15, 0.2) is 0 Å². The lowest BCUT2D eigenvalue weighted by molar-refractivity contribution is -0.125. The standard InChI is InChI=1S/C10H19NO2S/c1-3-14-9-5-4-8(6-9)11-10(12)7-13-2/h8-9H,3-7H2,1-2H3,(H,11,12). The molecule has 1 aliphatic rings. The summed E-state index contributed by atoms with van der Waals surface area (Å²) >= 11 is 2.00. The number of thioether (sulfide) groups is 1. The Hall–Kier alpha value is -0.220. The Morgan fingerprint density at radius 3 is 3.00 bits per heavy atom. The van der Waals surface area contributed by atoms with Gasteiger partial charge in [-0.05, 0) is 25.0 Å². The van der Waals surface area contributed by atoms with Crippen LogP contribution in [0.25, 0.3) is 0 Å². The number of hydrogen-bond acceptors (Lipinski definition) is 3. The van der Waals surface area contributed by atoms with Gasteiger partial charge in [-0.3, -0.25) is 4.79 Å². The van der Waals surface area contributed by atoms with Gasteiger partial charge in [0.2, 0.25) is 5.91 Å². The van der Waals surface area contributed by atoms with Gasteiger partial charge < -0.3 is 10.1 Å². The summed E-state index contributed by atoms with van der Waals surface area (Å²) in [6, 6.07) is 0.377. The lowest BCUT2D eigenvalue weighted by atomic mass is 10.2. The van der Waals surface area contributed by atoms with E-state index >= 15 is 0 Å². The molecular weight excluding hydrogens is 198 g/mol. The number of rotatable bonds is 5. The van der Waals surface area contributed by atoms with Crippen molar-refractivity contribution < 1.29 is 9.53 Å². The fourth-order valence-electron chi connectivity index (χ4n) is 1.86. The van der Waals surface area contributed by atoms with Crippen molar-refractivity contribution in [2.24, 2.45) is 0 Å². The van der Waals surface area contributed by atoms with Gasteiger partial charge in [-0.2, -0.15) is 11.8 Å². The van der Waals surface area contributed by atoms with E-state index in [0.717, 1.165) is 18.1 Å². The molecular formula is C10H19NO2S. The maximum absolute atomic E-state index is 11.2. The van der Waals surface area contributed by atoms with Gasteiger partial charge in [-0.1, -0.05) is 6.92 Å². The maximum Gasteiger partial charge on any atom is 0.246 e. The van der Waals surface area contributed by atoms with E-state index in [2.05, 4.69) is 12.2 Å². The number of nitrogens with one attached hydrogen (secondary N) is 1. The fourth-order valence-corrected chi connectivity index (χ4v) is 3.00. The second kappa shape index (κ2) is 6.30. The summed E-state index contributed by atoms with van der Waals surface area (Å²) in [7, 11) is 1.55. The van der Waals surface area contributed by atoms with Crippen LogP contribution in [0.5, 0.6) is 0 Å². The van der Waals surface area contributed by atoms with E-state index in [1.54, 1.807) is 7.11 Å². The zero-order valence-electron chi connectivity index (χ0n) is 8.91. The lowest BCUT2D eigenvalue weighted by Gasteiger charge is -2.12. The molecule has 2 unspecified atom stereocenters. The van der Waals surface area contributed by atoms with E-state index in [1.807, 2.05) is 11.8 Å². The Kier molecular flexibility index (Phi) is 5.33. The van der Waals surface area contributed by atoms with Crippen LogP contribution < -0.4 is 5.32 Å². The van der Waals surface area contributed by atoms with E-state index < -0.39 is 0 Å². The van der Waals surface area contributed by atoms with Crippen LogP contribution in [0.4, 0.5) is 0 Å². The van der Waals surface area contributed by atoms with Gasteiger partial charge in [-0.25, -0.2) is 0 Å². The van der Waals surface area contributed by atoms with E-state index in [9.17, 15) is 4.79 Å². The van der Waals surface area contributed by atoms with E-state index in [1.165, 1.54) is 12.2 Å². The fraction of sp³-hybridized carbons (Fsp3) is 0.900. The van der Waals surface area contributed by atoms with Crippen molar-refractivity contribution in [2.75, 3.05) is 19.5 Å². The largest absolute Gasteiger partial charge is 0.375 e. The van der Waals surface area contributed by atoms with Crippen LogP contribution in [0.3, 0.4) is 0 Å². The first-order valence-corrected chi connectivity index (χ1v) is 6.21. The van der Waals surface area contributed by atoms with Gasteiger partial charge >= 0.3 is 0 Å². The number of amides is 1. The molecule has 4 heteroatoms. The Morgan fingerprint density at radius 2 is 2.36 bits per heavy atom. The smallest absolute Gasteiger partial charge is 0.246 e. The second-order valence-corrected chi connectivity index (χ2v) is 5.17. The van der Waals surface area contributed by atoms with Gasteiger partial charge in [0, 0.05) is 18.4 Å². The van der Waals surface area contributed by atoms with E-state index in [4.69, 9.17) is 4.74 Å². The molecule has 82 valence electrons. The molecule has 1 saturated carbocycles. The van der Waals surface area contributed by atoms with Crippen molar-refractivity contribution in [3.05, 3.63) is 0 Å². The molecule has 1 rings (SSSR count). The summed E-state index contributed by atoms with van der Waals surface area (Å²) in [5.74, 6) is 1.18. The highest BCUT2D eigenvalue weighted by molar-refractivity contribution is 7.99. The minimum atomic E-state index is 0.0136. The van der Waals surface area contributed by atoms with Crippen LogP contribution in [-0.2, 0) is 9.53 Å². The zero-order valence-corrected chi connectivity index (χ0v) is 9.73. The summed E-state index contributed by atoms with van der Waals surface area (Å²) in [5, 5.41) is 3.73. The molecule has 3 nitrogen and oxygen atoms in total. The third-order valence-corrected chi connectivity index (χ3v) is 3.66. The first-order chi connectivity index (χ1) is 6.76. The topological polar surface area (TPSA) is 38.3 Å². The van der Waals surface area contributed by atoms with Gasteiger partial charge in [0.05, 0.1) is 0 Å². The molecule has 0 spiro atoms. The number of carbonyl (C=O) groups is 1. The Morgan fingerprint density at radius 1 is 1.57 bits per heavy atom. The van der Waals surface area contributed by atoms with E-state index in [-0.39, 0.29) is 12.5 Å². The quantitative estimate of drug-likeness (QED) is 0.757. The van der Waals surface area contributed by atoms with Crippen LogP contribution in [0, 0.1) is 0 Å². The first-order valence-electron chi connectivity index (χ1n) is 5.16. The molecule has 0 aromatic rings. The van der Waals surface area contributed by atoms with Gasteiger partial charge in [0.1, 0.15) is 6.61 Å². The van der Waals surface area contributed by atoms with Crippen molar-refractivity contribution in [3.63, 3.8) is 0 Å². The SMILES string of the molecule is CCSC1CCC(NC(=O)COC)C1. The molecule has 1 N–H and O–H groups in total. The monoisotopic (exact) mass is 217 g/mol. The highest BCUT2D eigenvalue weighted by atomic mass is 32.2. The summed E-state index contributed by atoms with van der Waals surface area (Å²) in [4.78, 5) is 11.2. The molecule has 0 aromatic heterocycles. The minimum Gasteiger partial charge on any atom is -0.375 e. The molecule has 0 heterocycles. The Balaban J connectivity index is 2.18. The normalized spacial score (nSPS) is 26.4. The number of ether oxygens (including phenoxy) is 1. The third-order valence-electron chi connectivity index (χ3n) is 2.43. The lowest BCUT2D eigenvalue weighted by Crippen LogP contribution is -2.35. The highest BCUT2D eigenvalue weighted by Gasteiger charge is 2.25. The molecule has 1 aliphatic carbocycles. The molecule has 0 aliphatic heterocycles. The van der Waals surface area contributed by atoms with Crippen LogP contribution in [0.2, 0.25) is 0 Å². The van der Waals surface area contributed by atoms with Crippen molar-refractivity contribution in [1.29, 1.82) is 0 Å². The predicted octanol–water partition coefficient (Wildman–Crippen LogP) is 1.42. The van der Waals surface area contributed by atoms with Crippen LogP contribution in [-0.4, -0.2) is 36.7 Å². The van der Waals surface area contributed by atoms with Crippen molar-refractivity contribution in [2.45, 2.75) is 37.5 Å². The third kappa shape index (κ3) is 3.88. The molecule has 0 saturated heterocycles. The molecule has 2 atom stereocenters. The van der Waals surface area contributed by atoms with Crippen molar-refractivity contribution >= 4 is 17.7 Å². The van der Waals surface area contributed by atoms with Crippen molar-refractivity contribution in [3.8, 4) is 0 Å². The number of methoxy groups -OCH3 is 1. The molecule has 1 amide bonds. The van der Waals surface area contributed by atoms with Gasteiger partial charge in [0.25, 0.3) is 0 Å². The minimum absolute atomic E-state index is 0.0136. The average Bonchev–Trinajstić information content (AvgIpc) is 2.53. The summed E-state index contributed by atoms with van der Waals surface area (Å²) in [5.41, 5.74) is 0. The maximum atomic E-state index is 11.2. The van der Waals surface area contributed by atoms with Gasteiger partial charge in [0.15, 0.2) is 0 Å². The second-order valence-electron chi connectivity index (χ2n) is 3.59. The Labute approximate surface area is 90.0 Å². The summed E-state index contributed by atoms with van der Waals surface area (Å²) in [6.07, 6.45) is 3.47. The average molecular weight is 217 g/mol. The predicted molar refractivity (Wildman–Crippen MR) is 59.6 cm³/mol. The number of carbonyl (C=O) groups excluding carboxylic acids is 1. The molecule has 0 radical (unpaired) electrons. The zero-order chi connectivity index (χ0) is 10.4. The summed E-state index contributed by atoms with van der Waals surface area (Å²) in [6.45, 7) is 2.36. The number of hydrogen-bond donors (Lipinski definition) is 1. The summed E-state index contributed by atoms with van der Waals surface area (Å²) < 4.78 is 4.77. The van der Waals surface area contributed by atoms with Gasteiger partial charge in [-0.15, -0.1) is 0 Å². The van der Waals surface area contributed by atoms with E-state index in [0.29, 0.717) is 6.04 Å². The molecule has 1 fully saturated rings. The van der Waals surface area contributed by atoms with Crippen molar-refractivity contribution in [1.82, 2.24) is 5.32 Å². The van der Waals surface area contributed by atoms with Crippen LogP contribution >= 0.6 is 11.8 Å².